The lowest BCUT2D eigenvalue weighted by atomic mass is 10.1. The number of nitro groups is 1. The van der Waals surface area contributed by atoms with Crippen molar-refractivity contribution in [2.24, 2.45) is 0 Å². The number of hydrogen-bond donors (Lipinski definition) is 0. The summed E-state index contributed by atoms with van der Waals surface area (Å²) in [5, 5.41) is 11.4. The highest BCUT2D eigenvalue weighted by molar-refractivity contribution is 9.10. The molecular formula is C19H20BrN3O3. The Kier molecular flexibility index (Phi) is 5.56. The van der Waals surface area contributed by atoms with Gasteiger partial charge < -0.3 is 9.80 Å². The summed E-state index contributed by atoms with van der Waals surface area (Å²) in [7, 11) is 0. The van der Waals surface area contributed by atoms with Gasteiger partial charge in [-0.15, -0.1) is 0 Å². The average molecular weight is 418 g/mol. The number of hydrogen-bond acceptors (Lipinski definition) is 4. The summed E-state index contributed by atoms with van der Waals surface area (Å²) in [6.07, 6.45) is 0.769. The summed E-state index contributed by atoms with van der Waals surface area (Å²) in [6, 6.07) is 12.7. The topological polar surface area (TPSA) is 66.7 Å². The fourth-order valence-electron chi connectivity index (χ4n) is 3.23. The van der Waals surface area contributed by atoms with Crippen LogP contribution in [0.15, 0.2) is 46.9 Å². The predicted octanol–water partition coefficient (Wildman–Crippen LogP) is 4.02. The molecule has 1 fully saturated rings. The number of nitro benzene ring substituents is 1. The molecule has 3 rings (SSSR count). The van der Waals surface area contributed by atoms with Crippen molar-refractivity contribution in [1.29, 1.82) is 0 Å². The van der Waals surface area contributed by atoms with Crippen LogP contribution in [0, 0.1) is 17.0 Å². The zero-order valence-corrected chi connectivity index (χ0v) is 16.1. The Morgan fingerprint density at radius 3 is 2.65 bits per heavy atom. The second kappa shape index (κ2) is 7.86. The molecule has 1 heterocycles. The summed E-state index contributed by atoms with van der Waals surface area (Å²) < 4.78 is 0.680. The molecule has 0 saturated carbocycles. The standard InChI is InChI=1S/C19H20BrN3O3/c1-14-4-2-5-15(12-14)19(24)22-9-3-8-21(10-11-22)17-7-6-16(20)13-18(17)23(25)26/h2,4-7,12-13H,3,8-11H2,1H3. The van der Waals surface area contributed by atoms with Gasteiger partial charge in [0, 0.05) is 42.3 Å². The molecule has 2 aromatic rings. The van der Waals surface area contributed by atoms with Gasteiger partial charge in [-0.25, -0.2) is 0 Å². The van der Waals surface area contributed by atoms with Gasteiger partial charge >= 0.3 is 0 Å². The van der Waals surface area contributed by atoms with Crippen molar-refractivity contribution < 1.29 is 9.72 Å². The third-order valence-electron chi connectivity index (χ3n) is 4.52. The van der Waals surface area contributed by atoms with E-state index in [2.05, 4.69) is 15.9 Å². The molecule has 0 atom stereocenters. The molecule has 0 bridgehead atoms. The molecule has 1 aliphatic rings. The first-order chi connectivity index (χ1) is 12.5. The second-order valence-corrected chi connectivity index (χ2v) is 7.31. The molecule has 6 nitrogen and oxygen atoms in total. The van der Waals surface area contributed by atoms with E-state index in [9.17, 15) is 14.9 Å². The fourth-order valence-corrected chi connectivity index (χ4v) is 3.58. The Bertz CT molecular complexity index is 841. The van der Waals surface area contributed by atoms with Gasteiger partial charge in [-0.1, -0.05) is 33.6 Å². The number of amides is 1. The van der Waals surface area contributed by atoms with Gasteiger partial charge in [-0.2, -0.15) is 0 Å². The average Bonchev–Trinajstić information content (AvgIpc) is 2.87. The quantitative estimate of drug-likeness (QED) is 0.558. The smallest absolute Gasteiger partial charge is 0.293 e. The molecule has 7 heteroatoms. The molecule has 0 aliphatic carbocycles. The Hall–Kier alpha value is -2.41. The van der Waals surface area contributed by atoms with Crippen molar-refractivity contribution in [3.05, 3.63) is 68.2 Å². The summed E-state index contributed by atoms with van der Waals surface area (Å²) in [5.74, 6) is 0.0147. The van der Waals surface area contributed by atoms with Gasteiger partial charge in [0.05, 0.1) is 4.92 Å². The number of anilines is 1. The predicted molar refractivity (Wildman–Crippen MR) is 105 cm³/mol. The number of aryl methyl sites for hydroxylation is 1. The second-order valence-electron chi connectivity index (χ2n) is 6.39. The molecule has 1 aliphatic heterocycles. The normalized spacial score (nSPS) is 14.8. The maximum atomic E-state index is 12.8. The molecule has 0 radical (unpaired) electrons. The first kappa shape index (κ1) is 18.4. The van der Waals surface area contributed by atoms with E-state index in [4.69, 9.17) is 0 Å². The van der Waals surface area contributed by atoms with E-state index in [-0.39, 0.29) is 16.5 Å². The summed E-state index contributed by atoms with van der Waals surface area (Å²) in [6.45, 7) is 4.40. The minimum Gasteiger partial charge on any atom is -0.364 e. The molecule has 136 valence electrons. The van der Waals surface area contributed by atoms with Crippen LogP contribution in [0.25, 0.3) is 0 Å². The van der Waals surface area contributed by atoms with Crippen LogP contribution in [0.2, 0.25) is 0 Å². The number of rotatable bonds is 3. The number of nitrogens with zero attached hydrogens (tertiary/aromatic N) is 3. The van der Waals surface area contributed by atoms with Gasteiger partial charge in [0.15, 0.2) is 0 Å². The summed E-state index contributed by atoms with van der Waals surface area (Å²) >= 11 is 3.29. The molecule has 0 unspecified atom stereocenters. The van der Waals surface area contributed by atoms with Crippen molar-refractivity contribution in [2.45, 2.75) is 13.3 Å². The van der Waals surface area contributed by atoms with Crippen LogP contribution < -0.4 is 4.90 Å². The van der Waals surface area contributed by atoms with Gasteiger partial charge in [0.1, 0.15) is 5.69 Å². The van der Waals surface area contributed by atoms with Crippen molar-refractivity contribution >= 4 is 33.2 Å². The molecule has 0 spiro atoms. The number of carbonyl (C=O) groups is 1. The van der Waals surface area contributed by atoms with Gasteiger partial charge in [-0.05, 0) is 37.6 Å². The first-order valence-corrected chi connectivity index (χ1v) is 9.30. The molecule has 0 aromatic heterocycles. The third-order valence-corrected chi connectivity index (χ3v) is 5.02. The van der Waals surface area contributed by atoms with Gasteiger partial charge in [-0.3, -0.25) is 14.9 Å². The zero-order chi connectivity index (χ0) is 18.7. The van der Waals surface area contributed by atoms with Gasteiger partial charge in [0.2, 0.25) is 0 Å². The van der Waals surface area contributed by atoms with E-state index in [1.165, 1.54) is 6.07 Å². The van der Waals surface area contributed by atoms with E-state index in [0.29, 0.717) is 41.9 Å². The molecule has 1 saturated heterocycles. The number of halogens is 1. The van der Waals surface area contributed by atoms with E-state index in [0.717, 1.165) is 12.0 Å². The Morgan fingerprint density at radius 1 is 1.12 bits per heavy atom. The first-order valence-electron chi connectivity index (χ1n) is 8.50. The van der Waals surface area contributed by atoms with Crippen molar-refractivity contribution in [2.75, 3.05) is 31.1 Å². The highest BCUT2D eigenvalue weighted by Crippen LogP contribution is 2.31. The Morgan fingerprint density at radius 2 is 1.92 bits per heavy atom. The minimum atomic E-state index is -0.360. The highest BCUT2D eigenvalue weighted by Gasteiger charge is 2.24. The maximum Gasteiger partial charge on any atom is 0.293 e. The highest BCUT2D eigenvalue weighted by atomic mass is 79.9. The summed E-state index contributed by atoms with van der Waals surface area (Å²) in [5.41, 5.74) is 2.42. The van der Waals surface area contributed by atoms with E-state index in [1.54, 1.807) is 6.07 Å². The zero-order valence-electron chi connectivity index (χ0n) is 14.5. The number of benzene rings is 2. The van der Waals surface area contributed by atoms with Crippen molar-refractivity contribution in [3.63, 3.8) is 0 Å². The number of carbonyl (C=O) groups excluding carboxylic acids is 1. The van der Waals surface area contributed by atoms with Gasteiger partial charge in [0.25, 0.3) is 11.6 Å². The largest absolute Gasteiger partial charge is 0.364 e. The SMILES string of the molecule is Cc1cccc(C(=O)N2CCCN(c3ccc(Br)cc3[N+](=O)[O-])CC2)c1. The lowest BCUT2D eigenvalue weighted by Crippen LogP contribution is -2.35. The van der Waals surface area contributed by atoms with Crippen LogP contribution in [0.4, 0.5) is 11.4 Å². The van der Waals surface area contributed by atoms with Crippen LogP contribution in [-0.4, -0.2) is 41.9 Å². The lowest BCUT2D eigenvalue weighted by molar-refractivity contribution is -0.384. The fraction of sp³-hybridized carbons (Fsp3) is 0.316. The maximum absolute atomic E-state index is 12.8. The van der Waals surface area contributed by atoms with Crippen LogP contribution in [-0.2, 0) is 0 Å². The van der Waals surface area contributed by atoms with Crippen LogP contribution in [0.3, 0.4) is 0 Å². The minimum absolute atomic E-state index is 0.0147. The van der Waals surface area contributed by atoms with E-state index in [1.807, 2.05) is 47.1 Å². The molecule has 2 aromatic carbocycles. The van der Waals surface area contributed by atoms with Crippen molar-refractivity contribution in [1.82, 2.24) is 4.90 Å². The lowest BCUT2D eigenvalue weighted by Gasteiger charge is -2.23. The van der Waals surface area contributed by atoms with E-state index < -0.39 is 0 Å². The molecule has 0 N–H and O–H groups in total. The van der Waals surface area contributed by atoms with Crippen LogP contribution in [0.1, 0.15) is 22.3 Å². The molecular weight excluding hydrogens is 398 g/mol. The molecule has 1 amide bonds. The van der Waals surface area contributed by atoms with E-state index >= 15 is 0 Å². The summed E-state index contributed by atoms with van der Waals surface area (Å²) in [4.78, 5) is 27.6. The Balaban J connectivity index is 1.77. The molecule has 26 heavy (non-hydrogen) atoms. The van der Waals surface area contributed by atoms with Crippen LogP contribution in [0.5, 0.6) is 0 Å². The Labute approximate surface area is 160 Å². The van der Waals surface area contributed by atoms with Crippen LogP contribution >= 0.6 is 15.9 Å². The third kappa shape index (κ3) is 4.04. The van der Waals surface area contributed by atoms with Crippen molar-refractivity contribution in [3.8, 4) is 0 Å². The monoisotopic (exact) mass is 417 g/mol.